The van der Waals surface area contributed by atoms with Gasteiger partial charge in [0.15, 0.2) is 11.5 Å². The summed E-state index contributed by atoms with van der Waals surface area (Å²) in [5.74, 6) is 0.911. The normalized spacial score (nSPS) is 10.7. The number of rotatable bonds is 11. The largest absolute Gasteiger partial charge is 0.493 e. The highest BCUT2D eigenvalue weighted by Crippen LogP contribution is 2.29. The number of carbonyl (C=O) groups is 2. The van der Waals surface area contributed by atoms with Crippen LogP contribution in [-0.2, 0) is 11.2 Å². The summed E-state index contributed by atoms with van der Waals surface area (Å²) in [7, 11) is 3.18. The van der Waals surface area contributed by atoms with Crippen LogP contribution in [0.3, 0.4) is 0 Å². The van der Waals surface area contributed by atoms with Crippen molar-refractivity contribution in [2.45, 2.75) is 19.8 Å². The molecule has 0 unspecified atom stereocenters. The van der Waals surface area contributed by atoms with E-state index >= 15 is 0 Å². The Morgan fingerprint density at radius 2 is 1.64 bits per heavy atom. The van der Waals surface area contributed by atoms with Gasteiger partial charge in [0.25, 0.3) is 5.91 Å². The number of anilines is 1. The van der Waals surface area contributed by atoms with Gasteiger partial charge in [-0.05, 0) is 55.3 Å². The van der Waals surface area contributed by atoms with E-state index in [1.54, 1.807) is 19.1 Å². The van der Waals surface area contributed by atoms with Crippen LogP contribution in [0.25, 0.3) is 10.6 Å². The summed E-state index contributed by atoms with van der Waals surface area (Å²) >= 11 is 4.72. The summed E-state index contributed by atoms with van der Waals surface area (Å²) in [6.07, 6.45) is 0.712. The number of methoxy groups -OCH3 is 2. The molecule has 0 saturated carbocycles. The van der Waals surface area contributed by atoms with Gasteiger partial charge in [-0.2, -0.15) is 0 Å². The number of nitrogens with one attached hydrogen (secondary N) is 1. The summed E-state index contributed by atoms with van der Waals surface area (Å²) < 4.78 is 11.7. The van der Waals surface area contributed by atoms with Gasteiger partial charge < -0.3 is 19.7 Å². The Hall–Kier alpha value is -3.76. The first-order valence-corrected chi connectivity index (χ1v) is 13.9. The average Bonchev–Trinajstić information content (AvgIpc) is 3.41. The molecule has 10 heteroatoms. The Balaban J connectivity index is 1.42. The average molecular weight is 610 g/mol. The molecule has 8 nitrogen and oxygen atoms in total. The number of ether oxygens (including phenoxy) is 2. The summed E-state index contributed by atoms with van der Waals surface area (Å²) in [6.45, 7) is 2.66. The monoisotopic (exact) mass is 608 g/mol. The molecule has 4 aromatic rings. The van der Waals surface area contributed by atoms with Gasteiger partial charge in [0.05, 0.1) is 14.2 Å². The highest BCUT2D eigenvalue weighted by molar-refractivity contribution is 9.10. The third kappa shape index (κ3) is 7.64. The van der Waals surface area contributed by atoms with Crippen LogP contribution >= 0.6 is 27.3 Å². The number of benzene rings is 3. The number of halogens is 1. The number of hydrogen-bond donors (Lipinski definition) is 1. The Morgan fingerprint density at radius 3 is 2.33 bits per heavy atom. The minimum atomic E-state index is -0.235. The van der Waals surface area contributed by atoms with Gasteiger partial charge in [0.1, 0.15) is 5.01 Å². The highest BCUT2D eigenvalue weighted by atomic mass is 79.9. The van der Waals surface area contributed by atoms with E-state index in [4.69, 9.17) is 9.47 Å². The van der Waals surface area contributed by atoms with Gasteiger partial charge in [0.2, 0.25) is 11.0 Å². The van der Waals surface area contributed by atoms with Crippen molar-refractivity contribution in [2.75, 3.05) is 32.6 Å². The van der Waals surface area contributed by atoms with E-state index in [0.29, 0.717) is 40.2 Å². The van der Waals surface area contributed by atoms with E-state index in [0.717, 1.165) is 21.2 Å². The summed E-state index contributed by atoms with van der Waals surface area (Å²) in [4.78, 5) is 27.9. The fraction of sp³-hybridized carbons (Fsp3) is 0.241. The molecule has 3 aromatic carbocycles. The Labute approximate surface area is 240 Å². The molecule has 0 aliphatic heterocycles. The maximum Gasteiger partial charge on any atom is 0.253 e. The number of aromatic nitrogens is 2. The molecule has 1 heterocycles. The SMILES string of the molecule is COc1ccc(CCN(CCC(=O)Nc2nnc(-c3ccc(Br)cc3)s2)C(=O)c2ccc(C)cc2)cc1OC. The van der Waals surface area contributed by atoms with Gasteiger partial charge in [-0.3, -0.25) is 9.59 Å². The van der Waals surface area contributed by atoms with E-state index < -0.39 is 0 Å². The molecule has 0 radical (unpaired) electrons. The molecule has 1 aromatic heterocycles. The van der Waals surface area contributed by atoms with Crippen LogP contribution in [0.4, 0.5) is 5.13 Å². The molecular weight excluding hydrogens is 580 g/mol. The van der Waals surface area contributed by atoms with Crippen LogP contribution in [0.5, 0.6) is 11.5 Å². The van der Waals surface area contributed by atoms with Crippen LogP contribution in [0.15, 0.2) is 71.2 Å². The molecular formula is C29H29BrN4O4S. The predicted molar refractivity (Wildman–Crippen MR) is 157 cm³/mol. The molecule has 4 rings (SSSR count). The van der Waals surface area contributed by atoms with E-state index in [9.17, 15) is 9.59 Å². The fourth-order valence-corrected chi connectivity index (χ4v) is 4.92. The zero-order valence-corrected chi connectivity index (χ0v) is 24.3. The zero-order valence-electron chi connectivity index (χ0n) is 21.9. The lowest BCUT2D eigenvalue weighted by molar-refractivity contribution is -0.116. The van der Waals surface area contributed by atoms with Gasteiger partial charge in [-0.25, -0.2) is 0 Å². The zero-order chi connectivity index (χ0) is 27.8. The second-order valence-electron chi connectivity index (χ2n) is 8.81. The lowest BCUT2D eigenvalue weighted by Gasteiger charge is -2.23. The third-order valence-corrected chi connectivity index (χ3v) is 7.49. The van der Waals surface area contributed by atoms with Crippen molar-refractivity contribution in [3.8, 4) is 22.1 Å². The van der Waals surface area contributed by atoms with Crippen molar-refractivity contribution in [1.29, 1.82) is 0 Å². The van der Waals surface area contributed by atoms with Crippen LogP contribution in [0.2, 0.25) is 0 Å². The summed E-state index contributed by atoms with van der Waals surface area (Å²) in [6, 6.07) is 20.9. The number of hydrogen-bond acceptors (Lipinski definition) is 7. The van der Waals surface area contributed by atoms with Crippen LogP contribution in [0, 0.1) is 6.92 Å². The van der Waals surface area contributed by atoms with Crippen molar-refractivity contribution >= 4 is 44.2 Å². The van der Waals surface area contributed by atoms with Crippen molar-refractivity contribution in [3.05, 3.63) is 87.9 Å². The molecule has 0 bridgehead atoms. The van der Waals surface area contributed by atoms with E-state index in [2.05, 4.69) is 31.4 Å². The topological polar surface area (TPSA) is 93.6 Å². The lowest BCUT2D eigenvalue weighted by atomic mass is 10.1. The van der Waals surface area contributed by atoms with Crippen molar-refractivity contribution in [2.24, 2.45) is 0 Å². The van der Waals surface area contributed by atoms with Crippen molar-refractivity contribution in [1.82, 2.24) is 15.1 Å². The Morgan fingerprint density at radius 1 is 0.923 bits per heavy atom. The highest BCUT2D eigenvalue weighted by Gasteiger charge is 2.18. The van der Waals surface area contributed by atoms with Gasteiger partial charge >= 0.3 is 0 Å². The fourth-order valence-electron chi connectivity index (χ4n) is 3.89. The third-order valence-electron chi connectivity index (χ3n) is 6.08. The van der Waals surface area contributed by atoms with Crippen molar-refractivity contribution < 1.29 is 19.1 Å². The first-order chi connectivity index (χ1) is 18.9. The number of amides is 2. The minimum absolute atomic E-state index is 0.122. The van der Waals surface area contributed by atoms with Crippen LogP contribution < -0.4 is 14.8 Å². The minimum Gasteiger partial charge on any atom is -0.493 e. The first kappa shape index (κ1) is 28.3. The molecule has 1 N–H and O–H groups in total. The second kappa shape index (κ2) is 13.3. The van der Waals surface area contributed by atoms with Crippen LogP contribution in [-0.4, -0.2) is 54.2 Å². The van der Waals surface area contributed by atoms with E-state index in [1.165, 1.54) is 11.3 Å². The molecule has 2 amide bonds. The molecule has 0 aliphatic rings. The predicted octanol–water partition coefficient (Wildman–Crippen LogP) is 6.01. The molecule has 39 heavy (non-hydrogen) atoms. The molecule has 0 spiro atoms. The first-order valence-electron chi connectivity index (χ1n) is 12.3. The molecule has 0 saturated heterocycles. The second-order valence-corrected chi connectivity index (χ2v) is 10.7. The van der Waals surface area contributed by atoms with Gasteiger partial charge in [-0.15, -0.1) is 10.2 Å². The number of aryl methyl sites for hydroxylation is 1. The molecule has 0 fully saturated rings. The quantitative estimate of drug-likeness (QED) is 0.224. The smallest absolute Gasteiger partial charge is 0.253 e. The number of carbonyl (C=O) groups excluding carboxylic acids is 2. The van der Waals surface area contributed by atoms with Gasteiger partial charge in [-0.1, -0.05) is 63.2 Å². The Bertz CT molecular complexity index is 1420. The maximum absolute atomic E-state index is 13.4. The lowest BCUT2D eigenvalue weighted by Crippen LogP contribution is -2.35. The maximum atomic E-state index is 13.4. The molecule has 0 aliphatic carbocycles. The number of nitrogens with zero attached hydrogens (tertiary/aromatic N) is 3. The summed E-state index contributed by atoms with van der Waals surface area (Å²) in [5, 5.41) is 12.2. The Kier molecular flexibility index (Phi) is 9.67. The van der Waals surface area contributed by atoms with E-state index in [-0.39, 0.29) is 24.8 Å². The van der Waals surface area contributed by atoms with Crippen molar-refractivity contribution in [3.63, 3.8) is 0 Å². The van der Waals surface area contributed by atoms with Crippen LogP contribution in [0.1, 0.15) is 27.9 Å². The molecule has 0 atom stereocenters. The standard InChI is InChI=1S/C29H29BrN4O4S/c1-19-4-7-22(8-5-19)28(36)34(16-14-20-6-13-24(37-2)25(18-20)38-3)17-15-26(35)31-29-33-32-27(39-29)21-9-11-23(30)12-10-21/h4-13,18H,14-17H2,1-3H3,(H,31,33,35). The molecule has 202 valence electrons. The van der Waals surface area contributed by atoms with E-state index in [1.807, 2.05) is 73.7 Å². The van der Waals surface area contributed by atoms with Gasteiger partial charge in [0, 0.05) is 35.1 Å². The summed E-state index contributed by atoms with van der Waals surface area (Å²) in [5.41, 5.74) is 3.56.